The third kappa shape index (κ3) is 4.94. The second-order valence-electron chi connectivity index (χ2n) is 6.15. The number of ether oxygens (including phenoxy) is 1. The Kier molecular flexibility index (Phi) is 6.30. The molecule has 7 nitrogen and oxygen atoms in total. The third-order valence-electron chi connectivity index (χ3n) is 4.11. The van der Waals surface area contributed by atoms with E-state index >= 15 is 0 Å². The number of nitriles is 1. The third-order valence-corrected chi connectivity index (χ3v) is 4.11. The highest BCUT2D eigenvalue weighted by Gasteiger charge is 2.12. The predicted octanol–water partition coefficient (Wildman–Crippen LogP) is 3.25. The Hall–Kier alpha value is -4.31. The van der Waals surface area contributed by atoms with Crippen molar-refractivity contribution in [3.05, 3.63) is 77.6 Å². The summed E-state index contributed by atoms with van der Waals surface area (Å²) < 4.78 is 11.0. The van der Waals surface area contributed by atoms with Gasteiger partial charge in [-0.15, -0.1) is 0 Å². The highest BCUT2D eigenvalue weighted by atomic mass is 16.5. The largest absolute Gasteiger partial charge is 0.545 e. The summed E-state index contributed by atoms with van der Waals surface area (Å²) in [4.78, 5) is 23.2. The number of anilines is 1. The number of hydrogen-bond acceptors (Lipinski definition) is 6. The number of hydrogen-bond donors (Lipinski definition) is 1. The van der Waals surface area contributed by atoms with Crippen molar-refractivity contribution in [3.63, 3.8) is 0 Å². The fourth-order valence-electron chi connectivity index (χ4n) is 2.65. The van der Waals surface area contributed by atoms with E-state index in [-0.39, 0.29) is 11.1 Å². The van der Waals surface area contributed by atoms with E-state index in [0.29, 0.717) is 35.1 Å². The Labute approximate surface area is 172 Å². The van der Waals surface area contributed by atoms with Crippen molar-refractivity contribution in [3.8, 4) is 23.1 Å². The summed E-state index contributed by atoms with van der Waals surface area (Å²) in [5.41, 5.74) is 1.11. The molecule has 0 aliphatic rings. The first-order valence-electron chi connectivity index (χ1n) is 9.07. The smallest absolute Gasteiger partial charge is 0.266 e. The van der Waals surface area contributed by atoms with Crippen LogP contribution in [0.15, 0.2) is 70.7 Å². The summed E-state index contributed by atoms with van der Waals surface area (Å²) in [6.45, 7) is 2.42. The molecule has 3 aromatic rings. The first kappa shape index (κ1) is 20.4. The van der Waals surface area contributed by atoms with Gasteiger partial charge in [0.25, 0.3) is 5.91 Å². The van der Waals surface area contributed by atoms with Crippen LogP contribution in [0.1, 0.15) is 23.0 Å². The number of amides is 1. The van der Waals surface area contributed by atoms with E-state index in [9.17, 15) is 20.0 Å². The van der Waals surface area contributed by atoms with E-state index in [4.69, 9.17) is 9.15 Å². The van der Waals surface area contributed by atoms with Crippen LogP contribution in [0.3, 0.4) is 0 Å². The first-order chi connectivity index (χ1) is 14.5. The van der Waals surface area contributed by atoms with Crippen LogP contribution < -0.4 is 15.2 Å². The number of furan rings is 1. The lowest BCUT2D eigenvalue weighted by atomic mass is 10.1. The van der Waals surface area contributed by atoms with Gasteiger partial charge in [0.05, 0.1) is 12.6 Å². The molecule has 0 aliphatic heterocycles. The average Bonchev–Trinajstić information content (AvgIpc) is 3.22. The Morgan fingerprint density at radius 1 is 1.10 bits per heavy atom. The summed E-state index contributed by atoms with van der Waals surface area (Å²) in [5, 5.41) is 22.8. The van der Waals surface area contributed by atoms with Gasteiger partial charge in [-0.1, -0.05) is 24.3 Å². The molecule has 30 heavy (non-hydrogen) atoms. The molecule has 7 heteroatoms. The minimum Gasteiger partial charge on any atom is -0.545 e. The number of carbonyl (C=O) groups excluding carboxylic acids is 2. The van der Waals surface area contributed by atoms with Crippen molar-refractivity contribution in [2.75, 3.05) is 11.9 Å². The summed E-state index contributed by atoms with van der Waals surface area (Å²) >= 11 is 0. The van der Waals surface area contributed by atoms with Crippen molar-refractivity contribution in [2.24, 2.45) is 0 Å². The molecule has 0 spiro atoms. The van der Waals surface area contributed by atoms with Gasteiger partial charge in [0.15, 0.2) is 0 Å². The normalized spacial score (nSPS) is 10.9. The number of carboxylic acids is 1. The van der Waals surface area contributed by atoms with Crippen LogP contribution in [-0.2, 0) is 4.79 Å². The summed E-state index contributed by atoms with van der Waals surface area (Å²) in [6.07, 6.45) is 1.34. The van der Waals surface area contributed by atoms with Gasteiger partial charge in [0, 0.05) is 17.3 Å². The molecular weight excluding hydrogens is 384 g/mol. The lowest BCUT2D eigenvalue weighted by Gasteiger charge is -2.06. The van der Waals surface area contributed by atoms with Crippen LogP contribution in [0, 0.1) is 11.3 Å². The standard InChI is InChI=1S/C23H18N2O5/c1-2-29-19-9-7-18(8-10-19)25-22(26)17(14-24)13-20-11-12-21(30-20)15-3-5-16(6-4-15)23(27)28/h3-13H,2H2,1H3,(H,25,26)(H,27,28)/p-1/b17-13-. The Bertz CT molecular complexity index is 1120. The molecule has 150 valence electrons. The van der Waals surface area contributed by atoms with Crippen LogP contribution in [0.25, 0.3) is 17.4 Å². The minimum absolute atomic E-state index is 0.0585. The molecular formula is C23H17N2O5-. The van der Waals surface area contributed by atoms with Crippen LogP contribution in [0.2, 0.25) is 0 Å². The maximum absolute atomic E-state index is 12.4. The number of aromatic carboxylic acids is 1. The van der Waals surface area contributed by atoms with Gasteiger partial charge in [-0.05, 0) is 48.9 Å². The van der Waals surface area contributed by atoms with E-state index in [0.717, 1.165) is 0 Å². The van der Waals surface area contributed by atoms with Crippen molar-refractivity contribution in [1.82, 2.24) is 0 Å². The second-order valence-corrected chi connectivity index (χ2v) is 6.15. The minimum atomic E-state index is -1.26. The van der Waals surface area contributed by atoms with E-state index in [2.05, 4.69) is 5.32 Å². The van der Waals surface area contributed by atoms with E-state index < -0.39 is 11.9 Å². The molecule has 1 N–H and O–H groups in total. The van der Waals surface area contributed by atoms with Crippen LogP contribution in [0.5, 0.6) is 5.75 Å². The molecule has 1 heterocycles. The zero-order chi connectivity index (χ0) is 21.5. The molecule has 0 saturated carbocycles. The fraction of sp³-hybridized carbons (Fsp3) is 0.0870. The molecule has 0 radical (unpaired) electrons. The molecule has 1 amide bonds. The molecule has 1 aromatic heterocycles. The number of benzene rings is 2. The van der Waals surface area contributed by atoms with Crippen molar-refractivity contribution in [2.45, 2.75) is 6.92 Å². The van der Waals surface area contributed by atoms with E-state index in [1.54, 1.807) is 48.5 Å². The lowest BCUT2D eigenvalue weighted by molar-refractivity contribution is -0.255. The Morgan fingerprint density at radius 3 is 2.40 bits per heavy atom. The number of carboxylic acid groups (broad SMARTS) is 1. The summed E-state index contributed by atoms with van der Waals surface area (Å²) in [7, 11) is 0. The molecule has 2 aromatic carbocycles. The monoisotopic (exact) mass is 401 g/mol. The highest BCUT2D eigenvalue weighted by Crippen LogP contribution is 2.24. The lowest BCUT2D eigenvalue weighted by Crippen LogP contribution is -2.21. The van der Waals surface area contributed by atoms with Gasteiger partial charge in [-0.2, -0.15) is 5.26 Å². The number of nitrogens with zero attached hydrogens (tertiary/aromatic N) is 1. The molecule has 0 bridgehead atoms. The number of rotatable bonds is 7. The highest BCUT2D eigenvalue weighted by molar-refractivity contribution is 6.09. The van der Waals surface area contributed by atoms with E-state index in [1.165, 1.54) is 18.2 Å². The summed E-state index contributed by atoms with van der Waals surface area (Å²) in [5.74, 6) is -0.371. The van der Waals surface area contributed by atoms with Gasteiger partial charge >= 0.3 is 0 Å². The maximum Gasteiger partial charge on any atom is 0.266 e. The molecule has 0 aliphatic carbocycles. The molecule has 0 unspecified atom stereocenters. The van der Waals surface area contributed by atoms with Gasteiger partial charge in [-0.3, -0.25) is 4.79 Å². The van der Waals surface area contributed by atoms with Crippen LogP contribution in [0.4, 0.5) is 5.69 Å². The van der Waals surface area contributed by atoms with Crippen molar-refractivity contribution >= 4 is 23.6 Å². The SMILES string of the molecule is CCOc1ccc(NC(=O)/C(C#N)=C\c2ccc(-c3ccc(C(=O)[O-])cc3)o2)cc1. The average molecular weight is 401 g/mol. The topological polar surface area (TPSA) is 115 Å². The second kappa shape index (κ2) is 9.26. The first-order valence-corrected chi connectivity index (χ1v) is 9.07. The van der Waals surface area contributed by atoms with Crippen LogP contribution in [-0.4, -0.2) is 18.5 Å². The Morgan fingerprint density at radius 2 is 1.80 bits per heavy atom. The van der Waals surface area contributed by atoms with E-state index in [1.807, 2.05) is 13.0 Å². The molecule has 0 saturated heterocycles. The molecule has 0 fully saturated rings. The van der Waals surface area contributed by atoms with Gasteiger partial charge in [0.1, 0.15) is 28.9 Å². The molecule has 0 atom stereocenters. The Balaban J connectivity index is 1.73. The summed E-state index contributed by atoms with van der Waals surface area (Å²) in [6, 6.07) is 17.9. The number of carbonyl (C=O) groups is 2. The van der Waals surface area contributed by atoms with Crippen molar-refractivity contribution < 1.29 is 23.8 Å². The zero-order valence-electron chi connectivity index (χ0n) is 16.0. The fourth-order valence-corrected chi connectivity index (χ4v) is 2.65. The van der Waals surface area contributed by atoms with Gasteiger partial charge in [0.2, 0.25) is 0 Å². The quantitative estimate of drug-likeness (QED) is 0.480. The number of nitrogens with one attached hydrogen (secondary N) is 1. The zero-order valence-corrected chi connectivity index (χ0v) is 16.0. The predicted molar refractivity (Wildman–Crippen MR) is 108 cm³/mol. The van der Waals surface area contributed by atoms with Crippen molar-refractivity contribution in [1.29, 1.82) is 5.26 Å². The van der Waals surface area contributed by atoms with Gasteiger partial charge < -0.3 is 24.4 Å². The van der Waals surface area contributed by atoms with Gasteiger partial charge in [-0.25, -0.2) is 0 Å². The molecule has 3 rings (SSSR count). The van der Waals surface area contributed by atoms with Crippen LogP contribution >= 0.6 is 0 Å². The maximum atomic E-state index is 12.4.